The number of hydrogen-bond acceptors (Lipinski definition) is 6. The van der Waals surface area contributed by atoms with Gasteiger partial charge in [0.15, 0.2) is 0 Å². The quantitative estimate of drug-likeness (QED) is 0.474. The molecule has 2 aromatic rings. The number of amides is 1. The third kappa shape index (κ3) is 5.44. The van der Waals surface area contributed by atoms with Crippen molar-refractivity contribution < 1.29 is 14.1 Å². The summed E-state index contributed by atoms with van der Waals surface area (Å²) in [5.74, 6) is 1.13. The third-order valence-electron chi connectivity index (χ3n) is 6.14. The van der Waals surface area contributed by atoms with Gasteiger partial charge in [-0.05, 0) is 50.0 Å². The number of nitro benzene ring substituents is 1. The molecule has 31 heavy (non-hydrogen) atoms. The number of nitrogens with zero attached hydrogens (tertiary/aromatic N) is 3. The van der Waals surface area contributed by atoms with Crippen LogP contribution in [0.3, 0.4) is 0 Å². The molecule has 0 bridgehead atoms. The van der Waals surface area contributed by atoms with Crippen LogP contribution in [0.5, 0.6) is 0 Å². The highest BCUT2D eigenvalue weighted by molar-refractivity contribution is 6.00. The van der Waals surface area contributed by atoms with Gasteiger partial charge in [0.25, 0.3) is 11.6 Å². The van der Waals surface area contributed by atoms with Crippen LogP contribution in [0.1, 0.15) is 55.8 Å². The number of furan rings is 1. The maximum atomic E-state index is 13.2. The van der Waals surface area contributed by atoms with Crippen molar-refractivity contribution in [2.45, 2.75) is 39.7 Å². The lowest BCUT2D eigenvalue weighted by atomic mass is 9.97. The SMILES string of the molecule is CCN(CC)C(CNC(=O)c1cc([N+](=O)[O-])ccc1N1CCC(C)CC1)c1ccco1. The van der Waals surface area contributed by atoms with Gasteiger partial charge in [-0.3, -0.25) is 19.8 Å². The molecule has 8 nitrogen and oxygen atoms in total. The summed E-state index contributed by atoms with van der Waals surface area (Å²) in [7, 11) is 0. The summed E-state index contributed by atoms with van der Waals surface area (Å²) in [4.78, 5) is 28.5. The molecule has 0 saturated carbocycles. The van der Waals surface area contributed by atoms with Crippen molar-refractivity contribution in [2.75, 3.05) is 37.6 Å². The van der Waals surface area contributed by atoms with E-state index in [4.69, 9.17) is 4.42 Å². The topological polar surface area (TPSA) is 91.9 Å². The fourth-order valence-electron chi connectivity index (χ4n) is 4.18. The second-order valence-electron chi connectivity index (χ2n) is 8.09. The van der Waals surface area contributed by atoms with Gasteiger partial charge >= 0.3 is 0 Å². The minimum absolute atomic E-state index is 0.0781. The fraction of sp³-hybridized carbons (Fsp3) is 0.522. The summed E-state index contributed by atoms with van der Waals surface area (Å²) in [6.07, 6.45) is 3.71. The lowest BCUT2D eigenvalue weighted by Gasteiger charge is -2.33. The minimum Gasteiger partial charge on any atom is -0.468 e. The Bertz CT molecular complexity index is 872. The van der Waals surface area contributed by atoms with E-state index in [0.29, 0.717) is 18.0 Å². The van der Waals surface area contributed by atoms with Crippen LogP contribution in [0.4, 0.5) is 11.4 Å². The summed E-state index contributed by atoms with van der Waals surface area (Å²) in [5.41, 5.74) is 1.03. The Hall–Kier alpha value is -2.87. The Labute approximate surface area is 183 Å². The number of hydrogen-bond donors (Lipinski definition) is 1. The zero-order valence-corrected chi connectivity index (χ0v) is 18.5. The summed E-state index contributed by atoms with van der Waals surface area (Å²) in [6.45, 7) is 10.0. The van der Waals surface area contributed by atoms with E-state index in [2.05, 4.69) is 35.9 Å². The highest BCUT2D eigenvalue weighted by atomic mass is 16.6. The molecule has 0 radical (unpaired) electrons. The molecule has 1 saturated heterocycles. The highest BCUT2D eigenvalue weighted by Crippen LogP contribution is 2.29. The van der Waals surface area contributed by atoms with Gasteiger partial charge in [0.05, 0.1) is 28.5 Å². The van der Waals surface area contributed by atoms with E-state index in [-0.39, 0.29) is 17.6 Å². The van der Waals surface area contributed by atoms with E-state index in [0.717, 1.165) is 50.5 Å². The standard InChI is InChI=1S/C23H32N4O4/c1-4-25(5-2)21(22-7-6-14-31-22)16-24-23(28)19-15-18(27(29)30)8-9-20(19)26-12-10-17(3)11-13-26/h6-9,14-15,17,21H,4-5,10-13,16H2,1-3H3,(H,24,28). The molecule has 1 aliphatic heterocycles. The van der Waals surface area contributed by atoms with Gasteiger partial charge in [-0.15, -0.1) is 0 Å². The van der Waals surface area contributed by atoms with Crippen LogP contribution in [0, 0.1) is 16.0 Å². The largest absolute Gasteiger partial charge is 0.468 e. The number of nitro groups is 1. The fourth-order valence-corrected chi connectivity index (χ4v) is 4.18. The average Bonchev–Trinajstić information content (AvgIpc) is 3.31. The molecule has 1 atom stereocenters. The smallest absolute Gasteiger partial charge is 0.270 e. The second-order valence-corrected chi connectivity index (χ2v) is 8.09. The summed E-state index contributed by atoms with van der Waals surface area (Å²) >= 11 is 0. The number of non-ortho nitro benzene ring substituents is 1. The minimum atomic E-state index is -0.458. The number of benzene rings is 1. The van der Waals surface area contributed by atoms with Gasteiger partial charge in [-0.25, -0.2) is 0 Å². The normalized spacial score (nSPS) is 15.8. The molecule has 1 aliphatic rings. The van der Waals surface area contributed by atoms with Crippen LogP contribution in [-0.4, -0.2) is 48.5 Å². The molecule has 1 aromatic heterocycles. The first-order chi connectivity index (χ1) is 14.9. The Kier molecular flexibility index (Phi) is 7.68. The van der Waals surface area contributed by atoms with E-state index < -0.39 is 4.92 Å². The number of likely N-dealkylation sites (N-methyl/N-ethyl adjacent to an activating group) is 1. The number of carbonyl (C=O) groups excluding carboxylic acids is 1. The van der Waals surface area contributed by atoms with Crippen LogP contribution < -0.4 is 10.2 Å². The maximum absolute atomic E-state index is 13.2. The zero-order valence-electron chi connectivity index (χ0n) is 18.5. The lowest BCUT2D eigenvalue weighted by Crippen LogP contribution is -2.39. The molecule has 1 aromatic carbocycles. The predicted octanol–water partition coefficient (Wildman–Crippen LogP) is 4.24. The highest BCUT2D eigenvalue weighted by Gasteiger charge is 2.26. The number of anilines is 1. The Morgan fingerprint density at radius 2 is 2.00 bits per heavy atom. The first kappa shape index (κ1) is 22.8. The predicted molar refractivity (Wildman–Crippen MR) is 120 cm³/mol. The van der Waals surface area contributed by atoms with E-state index in [1.165, 1.54) is 12.1 Å². The van der Waals surface area contributed by atoms with Gasteiger partial charge in [0.1, 0.15) is 5.76 Å². The van der Waals surface area contributed by atoms with Crippen LogP contribution >= 0.6 is 0 Å². The third-order valence-corrected chi connectivity index (χ3v) is 6.14. The molecule has 2 heterocycles. The Balaban J connectivity index is 1.83. The van der Waals surface area contributed by atoms with E-state index in [1.807, 2.05) is 12.1 Å². The molecule has 168 valence electrons. The molecule has 1 N–H and O–H groups in total. The number of rotatable bonds is 9. The Morgan fingerprint density at radius 1 is 1.29 bits per heavy atom. The molecule has 1 amide bonds. The summed E-state index contributed by atoms with van der Waals surface area (Å²) in [6, 6.07) is 8.21. The van der Waals surface area contributed by atoms with Crippen LogP contribution in [0.2, 0.25) is 0 Å². The molecular weight excluding hydrogens is 396 g/mol. The van der Waals surface area contributed by atoms with Crippen molar-refractivity contribution in [2.24, 2.45) is 5.92 Å². The molecule has 1 unspecified atom stereocenters. The average molecular weight is 429 g/mol. The second kappa shape index (κ2) is 10.4. The van der Waals surface area contributed by atoms with Crippen molar-refractivity contribution in [3.8, 4) is 0 Å². The summed E-state index contributed by atoms with van der Waals surface area (Å²) in [5, 5.41) is 14.3. The molecule has 0 aliphatic carbocycles. The van der Waals surface area contributed by atoms with E-state index in [1.54, 1.807) is 12.3 Å². The van der Waals surface area contributed by atoms with Gasteiger partial charge in [-0.2, -0.15) is 0 Å². The first-order valence-electron chi connectivity index (χ1n) is 11.0. The van der Waals surface area contributed by atoms with Gasteiger partial charge < -0.3 is 14.6 Å². The monoisotopic (exact) mass is 428 g/mol. The number of carbonyl (C=O) groups is 1. The van der Waals surface area contributed by atoms with Crippen molar-refractivity contribution in [3.63, 3.8) is 0 Å². The van der Waals surface area contributed by atoms with Gasteiger partial charge in [0.2, 0.25) is 0 Å². The molecular formula is C23H32N4O4. The van der Waals surface area contributed by atoms with Gasteiger partial charge in [0, 0.05) is 31.8 Å². The van der Waals surface area contributed by atoms with Crippen LogP contribution in [0.15, 0.2) is 41.0 Å². The first-order valence-corrected chi connectivity index (χ1v) is 11.0. The lowest BCUT2D eigenvalue weighted by molar-refractivity contribution is -0.384. The van der Waals surface area contributed by atoms with Crippen molar-refractivity contribution >= 4 is 17.3 Å². The maximum Gasteiger partial charge on any atom is 0.270 e. The van der Waals surface area contributed by atoms with Gasteiger partial charge in [-0.1, -0.05) is 20.8 Å². The molecule has 0 spiro atoms. The molecule has 3 rings (SSSR count). The van der Waals surface area contributed by atoms with Crippen molar-refractivity contribution in [1.29, 1.82) is 0 Å². The number of nitrogens with one attached hydrogen (secondary N) is 1. The Morgan fingerprint density at radius 3 is 2.58 bits per heavy atom. The van der Waals surface area contributed by atoms with E-state index in [9.17, 15) is 14.9 Å². The molecule has 1 fully saturated rings. The van der Waals surface area contributed by atoms with Crippen molar-refractivity contribution in [3.05, 3.63) is 58.0 Å². The molecule has 8 heteroatoms. The number of piperidine rings is 1. The van der Waals surface area contributed by atoms with Crippen molar-refractivity contribution in [1.82, 2.24) is 10.2 Å². The van der Waals surface area contributed by atoms with Crippen LogP contribution in [0.25, 0.3) is 0 Å². The van der Waals surface area contributed by atoms with E-state index >= 15 is 0 Å². The zero-order chi connectivity index (χ0) is 22.4. The van der Waals surface area contributed by atoms with Crippen LogP contribution in [-0.2, 0) is 0 Å². The summed E-state index contributed by atoms with van der Waals surface area (Å²) < 4.78 is 5.61.